The zero-order valence-electron chi connectivity index (χ0n) is 18.2. The molecule has 1 saturated carbocycles. The monoisotopic (exact) mass is 420 g/mol. The molecule has 0 spiro atoms. The SMILES string of the molecule is COc1ccc(-n2nnnc2C2(N(C)C(=O)Nc3ccccc3)CCC(C)CC2)cc1. The predicted molar refractivity (Wildman–Crippen MR) is 118 cm³/mol. The van der Waals surface area contributed by atoms with Gasteiger partial charge in [0.15, 0.2) is 5.82 Å². The van der Waals surface area contributed by atoms with Crippen LogP contribution in [0.4, 0.5) is 10.5 Å². The van der Waals surface area contributed by atoms with Crippen LogP contribution in [0.1, 0.15) is 38.4 Å². The fraction of sp³-hybridized carbons (Fsp3) is 0.391. The number of benzene rings is 2. The maximum atomic E-state index is 13.2. The second kappa shape index (κ2) is 8.75. The fourth-order valence-corrected chi connectivity index (χ4v) is 4.25. The molecule has 2 amide bonds. The summed E-state index contributed by atoms with van der Waals surface area (Å²) in [4.78, 5) is 15.0. The number of hydrogen-bond donors (Lipinski definition) is 1. The third-order valence-electron chi connectivity index (χ3n) is 6.28. The lowest BCUT2D eigenvalue weighted by Crippen LogP contribution is -2.52. The van der Waals surface area contributed by atoms with E-state index in [0.717, 1.165) is 42.8 Å². The van der Waals surface area contributed by atoms with Crippen LogP contribution in [0.25, 0.3) is 5.69 Å². The molecule has 1 aliphatic carbocycles. The molecule has 1 N–H and O–H groups in total. The van der Waals surface area contributed by atoms with Crippen LogP contribution in [0.2, 0.25) is 0 Å². The molecular formula is C23H28N6O2. The Morgan fingerprint density at radius 3 is 2.45 bits per heavy atom. The molecule has 1 aliphatic rings. The molecule has 4 rings (SSSR count). The number of carbonyl (C=O) groups excluding carboxylic acids is 1. The Labute approximate surface area is 182 Å². The number of amides is 2. The van der Waals surface area contributed by atoms with Crippen molar-refractivity contribution < 1.29 is 9.53 Å². The molecule has 0 atom stereocenters. The Balaban J connectivity index is 1.70. The van der Waals surface area contributed by atoms with Crippen molar-refractivity contribution in [2.24, 2.45) is 5.92 Å². The molecular weight excluding hydrogens is 392 g/mol. The minimum absolute atomic E-state index is 0.176. The summed E-state index contributed by atoms with van der Waals surface area (Å²) in [6.07, 6.45) is 3.59. The number of hydrogen-bond acceptors (Lipinski definition) is 5. The zero-order valence-corrected chi connectivity index (χ0v) is 18.2. The number of nitrogens with zero attached hydrogens (tertiary/aromatic N) is 5. The van der Waals surface area contributed by atoms with Crippen molar-refractivity contribution in [3.63, 3.8) is 0 Å². The Bertz CT molecular complexity index is 1010. The second-order valence-electron chi connectivity index (χ2n) is 8.18. The first-order valence-corrected chi connectivity index (χ1v) is 10.6. The lowest BCUT2D eigenvalue weighted by molar-refractivity contribution is 0.0786. The van der Waals surface area contributed by atoms with Gasteiger partial charge in [-0.25, -0.2) is 4.79 Å². The van der Waals surface area contributed by atoms with Crippen molar-refractivity contribution in [3.05, 3.63) is 60.4 Å². The van der Waals surface area contributed by atoms with Crippen molar-refractivity contribution in [2.45, 2.75) is 38.1 Å². The zero-order chi connectivity index (χ0) is 21.8. The molecule has 1 heterocycles. The van der Waals surface area contributed by atoms with Crippen LogP contribution in [0.5, 0.6) is 5.75 Å². The molecule has 1 aromatic heterocycles. The van der Waals surface area contributed by atoms with E-state index in [9.17, 15) is 4.79 Å². The smallest absolute Gasteiger partial charge is 0.322 e. The molecule has 8 nitrogen and oxygen atoms in total. The van der Waals surface area contributed by atoms with Crippen molar-refractivity contribution in [2.75, 3.05) is 19.5 Å². The number of nitrogens with one attached hydrogen (secondary N) is 1. The van der Waals surface area contributed by atoms with Crippen LogP contribution in [0.3, 0.4) is 0 Å². The van der Waals surface area contributed by atoms with Crippen molar-refractivity contribution in [1.82, 2.24) is 25.1 Å². The number of anilines is 1. The number of methoxy groups -OCH3 is 1. The van der Waals surface area contributed by atoms with Crippen LogP contribution in [0, 0.1) is 5.92 Å². The lowest BCUT2D eigenvalue weighted by Gasteiger charge is -2.44. The Hall–Kier alpha value is -3.42. The average Bonchev–Trinajstić information content (AvgIpc) is 3.30. The average molecular weight is 421 g/mol. The van der Waals surface area contributed by atoms with E-state index < -0.39 is 5.54 Å². The first kappa shape index (κ1) is 20.8. The molecule has 8 heteroatoms. The quantitative estimate of drug-likeness (QED) is 0.667. The van der Waals surface area contributed by atoms with E-state index in [1.54, 1.807) is 16.7 Å². The van der Waals surface area contributed by atoms with Gasteiger partial charge >= 0.3 is 6.03 Å². The summed E-state index contributed by atoms with van der Waals surface area (Å²) in [6.45, 7) is 2.25. The number of tetrazole rings is 1. The predicted octanol–water partition coefficient (Wildman–Crippen LogP) is 4.24. The van der Waals surface area contributed by atoms with Gasteiger partial charge in [0.25, 0.3) is 0 Å². The Morgan fingerprint density at radius 2 is 1.81 bits per heavy atom. The van der Waals surface area contributed by atoms with E-state index in [4.69, 9.17) is 4.74 Å². The van der Waals surface area contributed by atoms with Gasteiger partial charge in [-0.3, -0.25) is 0 Å². The highest BCUT2D eigenvalue weighted by Gasteiger charge is 2.46. The molecule has 162 valence electrons. The normalized spacial score (nSPS) is 20.8. The summed E-state index contributed by atoms with van der Waals surface area (Å²) >= 11 is 0. The van der Waals surface area contributed by atoms with Gasteiger partial charge in [0.05, 0.1) is 12.8 Å². The van der Waals surface area contributed by atoms with E-state index in [1.165, 1.54) is 0 Å². The molecule has 1 fully saturated rings. The van der Waals surface area contributed by atoms with Gasteiger partial charge in [0, 0.05) is 12.7 Å². The molecule has 0 unspecified atom stereocenters. The first-order valence-electron chi connectivity index (χ1n) is 10.6. The number of para-hydroxylation sites is 1. The Kier molecular flexibility index (Phi) is 5.88. The number of ether oxygens (including phenoxy) is 1. The maximum Gasteiger partial charge on any atom is 0.322 e. The first-order chi connectivity index (χ1) is 15.0. The summed E-state index contributed by atoms with van der Waals surface area (Å²) in [5.41, 5.74) is 0.985. The number of urea groups is 1. The summed E-state index contributed by atoms with van der Waals surface area (Å²) < 4.78 is 7.01. The van der Waals surface area contributed by atoms with Gasteiger partial charge in [0.2, 0.25) is 0 Å². The summed E-state index contributed by atoms with van der Waals surface area (Å²) in [5, 5.41) is 15.7. The summed E-state index contributed by atoms with van der Waals surface area (Å²) in [5.74, 6) is 2.04. The van der Waals surface area contributed by atoms with Gasteiger partial charge in [0.1, 0.15) is 11.3 Å². The minimum Gasteiger partial charge on any atom is -0.497 e. The summed E-state index contributed by atoms with van der Waals surface area (Å²) in [7, 11) is 3.47. The number of rotatable bonds is 5. The number of aromatic nitrogens is 4. The van der Waals surface area contributed by atoms with Gasteiger partial charge in [-0.05, 0) is 78.4 Å². The molecule has 3 aromatic rings. The lowest BCUT2D eigenvalue weighted by atomic mass is 9.75. The van der Waals surface area contributed by atoms with Crippen molar-refractivity contribution in [1.29, 1.82) is 0 Å². The van der Waals surface area contributed by atoms with Crippen molar-refractivity contribution >= 4 is 11.7 Å². The van der Waals surface area contributed by atoms with Gasteiger partial charge in [-0.15, -0.1) is 5.10 Å². The number of carbonyl (C=O) groups is 1. The maximum absolute atomic E-state index is 13.2. The third kappa shape index (κ3) is 4.10. The van der Waals surface area contributed by atoms with Crippen LogP contribution < -0.4 is 10.1 Å². The second-order valence-corrected chi connectivity index (χ2v) is 8.18. The van der Waals surface area contributed by atoms with E-state index >= 15 is 0 Å². The molecule has 0 bridgehead atoms. The van der Waals surface area contributed by atoms with Crippen LogP contribution in [0.15, 0.2) is 54.6 Å². The van der Waals surface area contributed by atoms with E-state index in [2.05, 4.69) is 27.8 Å². The van der Waals surface area contributed by atoms with Crippen LogP contribution in [-0.4, -0.2) is 45.3 Å². The van der Waals surface area contributed by atoms with E-state index in [0.29, 0.717) is 11.7 Å². The van der Waals surface area contributed by atoms with Gasteiger partial charge < -0.3 is 15.0 Å². The van der Waals surface area contributed by atoms with Gasteiger partial charge in [-0.1, -0.05) is 25.1 Å². The highest BCUT2D eigenvalue weighted by atomic mass is 16.5. The highest BCUT2D eigenvalue weighted by Crippen LogP contribution is 2.43. The van der Waals surface area contributed by atoms with Gasteiger partial charge in [-0.2, -0.15) is 4.68 Å². The summed E-state index contributed by atoms with van der Waals surface area (Å²) in [6, 6.07) is 16.9. The largest absolute Gasteiger partial charge is 0.497 e. The van der Waals surface area contributed by atoms with Crippen molar-refractivity contribution in [3.8, 4) is 11.4 Å². The molecule has 0 aliphatic heterocycles. The topological polar surface area (TPSA) is 85.2 Å². The molecule has 31 heavy (non-hydrogen) atoms. The van der Waals surface area contributed by atoms with E-state index in [-0.39, 0.29) is 6.03 Å². The van der Waals surface area contributed by atoms with Crippen LogP contribution in [-0.2, 0) is 5.54 Å². The molecule has 2 aromatic carbocycles. The molecule has 0 radical (unpaired) electrons. The third-order valence-corrected chi connectivity index (χ3v) is 6.28. The standard InChI is InChI=1S/C23H28N6O2/c1-17-13-15-23(16-14-17,28(2)22(30)24-18-7-5-4-6-8-18)21-25-26-27-29(21)19-9-11-20(31-3)12-10-19/h4-12,17H,13-16H2,1-3H3,(H,24,30). The molecule has 0 saturated heterocycles. The van der Waals surface area contributed by atoms with Crippen LogP contribution >= 0.6 is 0 Å². The minimum atomic E-state index is -0.602. The van der Waals surface area contributed by atoms with E-state index in [1.807, 2.05) is 61.6 Å². The highest BCUT2D eigenvalue weighted by molar-refractivity contribution is 5.89. The fourth-order valence-electron chi connectivity index (χ4n) is 4.25. The Morgan fingerprint density at radius 1 is 1.13 bits per heavy atom.